The van der Waals surface area contributed by atoms with Crippen LogP contribution in [0.5, 0.6) is 0 Å². The number of amides is 3. The molecule has 3 rings (SSSR count). The second kappa shape index (κ2) is 16.1. The highest BCUT2D eigenvalue weighted by Gasteiger charge is 2.40. The van der Waals surface area contributed by atoms with Crippen LogP contribution in [0.25, 0.3) is 0 Å². The zero-order chi connectivity index (χ0) is 34.9. The van der Waals surface area contributed by atoms with E-state index >= 15 is 0 Å². The minimum Gasteiger partial charge on any atom is -0.480 e. The fourth-order valence-electron chi connectivity index (χ4n) is 4.91. The van der Waals surface area contributed by atoms with Crippen LogP contribution in [-0.2, 0) is 19.2 Å². The molecular weight excluding hydrogens is 656 g/mol. The van der Waals surface area contributed by atoms with Gasteiger partial charge in [-0.1, -0.05) is 48.5 Å². The lowest BCUT2D eigenvalue weighted by Crippen LogP contribution is -2.50. The molecule has 47 heavy (non-hydrogen) atoms. The summed E-state index contributed by atoms with van der Waals surface area (Å²) in [6.07, 6.45) is -16.4. The zero-order valence-electron chi connectivity index (χ0n) is 25.0. The van der Waals surface area contributed by atoms with Gasteiger partial charge >= 0.3 is 18.3 Å². The number of hydrogen-bond donors (Lipinski definition) is 4. The molecule has 256 valence electrons. The van der Waals surface area contributed by atoms with Crippen LogP contribution in [0.4, 0.5) is 32.0 Å². The zero-order valence-corrected chi connectivity index (χ0v) is 25.8. The van der Waals surface area contributed by atoms with Crippen molar-refractivity contribution in [3.63, 3.8) is 0 Å². The normalized spacial score (nSPS) is 17.1. The van der Waals surface area contributed by atoms with Gasteiger partial charge in [0.25, 0.3) is 5.91 Å². The van der Waals surface area contributed by atoms with Crippen molar-refractivity contribution in [3.05, 3.63) is 65.7 Å². The van der Waals surface area contributed by atoms with E-state index in [0.717, 1.165) is 0 Å². The van der Waals surface area contributed by atoms with E-state index in [2.05, 4.69) is 15.0 Å². The van der Waals surface area contributed by atoms with E-state index in [1.54, 1.807) is 54.6 Å². The van der Waals surface area contributed by atoms with Crippen molar-refractivity contribution in [1.29, 1.82) is 0 Å². The van der Waals surface area contributed by atoms with Gasteiger partial charge in [-0.15, -0.1) is 0 Å². The Morgan fingerprint density at radius 3 is 2.15 bits per heavy atom. The van der Waals surface area contributed by atoms with Crippen LogP contribution in [0.2, 0.25) is 0 Å². The summed E-state index contributed by atoms with van der Waals surface area (Å²) >= 11 is 0.466. The van der Waals surface area contributed by atoms with Crippen LogP contribution in [0, 0.1) is 11.8 Å². The third-order valence-electron chi connectivity index (χ3n) is 7.30. The van der Waals surface area contributed by atoms with Gasteiger partial charge < -0.3 is 21.1 Å². The average Bonchev–Trinajstić information content (AvgIpc) is 3.10. The van der Waals surface area contributed by atoms with Gasteiger partial charge in [0, 0.05) is 42.7 Å². The fourth-order valence-corrected chi connectivity index (χ4v) is 5.60. The second-order valence-electron chi connectivity index (χ2n) is 10.8. The minimum atomic E-state index is -4.79. The van der Waals surface area contributed by atoms with Gasteiger partial charge in [0.15, 0.2) is 0 Å². The molecule has 1 aliphatic rings. The monoisotopic (exact) mass is 689 g/mol. The number of nitrogens with zero attached hydrogens (tertiary/aromatic N) is 2. The summed E-state index contributed by atoms with van der Waals surface area (Å²) in [4.78, 5) is 57.3. The number of alkyl halides is 6. The smallest absolute Gasteiger partial charge is 0.389 e. The number of nitrogens with one attached hydrogen (secondary N) is 2. The Balaban J connectivity index is 1.99. The Bertz CT molecular complexity index is 1460. The van der Waals surface area contributed by atoms with Crippen molar-refractivity contribution < 1.29 is 50.6 Å². The van der Waals surface area contributed by atoms with E-state index in [-0.39, 0.29) is 5.71 Å². The maximum Gasteiger partial charge on any atom is 0.389 e. The van der Waals surface area contributed by atoms with Crippen LogP contribution in [-0.4, -0.2) is 71.9 Å². The van der Waals surface area contributed by atoms with Crippen LogP contribution in [0.15, 0.2) is 59.6 Å². The van der Waals surface area contributed by atoms with Crippen molar-refractivity contribution in [2.24, 2.45) is 22.6 Å². The van der Waals surface area contributed by atoms with Crippen molar-refractivity contribution in [3.8, 4) is 0 Å². The predicted octanol–water partition coefficient (Wildman–Crippen LogP) is 4.43. The van der Waals surface area contributed by atoms with Crippen LogP contribution < -0.4 is 20.7 Å². The fraction of sp³-hybridized carbons (Fsp3) is 0.433. The highest BCUT2D eigenvalue weighted by Crippen LogP contribution is 2.33. The number of benzene rings is 2. The summed E-state index contributed by atoms with van der Waals surface area (Å²) in [5.41, 5.74) is 7.19. The summed E-state index contributed by atoms with van der Waals surface area (Å²) in [6, 6.07) is 13.8. The number of halogens is 6. The molecule has 4 atom stereocenters. The Kier molecular flexibility index (Phi) is 12.8. The van der Waals surface area contributed by atoms with E-state index in [1.807, 2.05) is 0 Å². The number of likely N-dealkylation sites (N-methyl/N-ethyl adjacent to an activating group) is 1. The predicted molar refractivity (Wildman–Crippen MR) is 162 cm³/mol. The van der Waals surface area contributed by atoms with Gasteiger partial charge in [0.05, 0.1) is 17.3 Å². The SMILES string of the molecule is CN1C(=O)C(NC(=O)C(CCCC(F)(F)F)C(CCC(F)(F)F)C(=O)NSCC(N)C(=O)O)N=C(c2ccccc2)c2ccccc21. The molecule has 1 aliphatic heterocycles. The van der Waals surface area contributed by atoms with Crippen molar-refractivity contribution in [2.75, 3.05) is 17.7 Å². The lowest BCUT2D eigenvalue weighted by Gasteiger charge is -2.28. The Morgan fingerprint density at radius 2 is 1.53 bits per heavy atom. The van der Waals surface area contributed by atoms with Crippen LogP contribution in [0.3, 0.4) is 0 Å². The molecule has 0 fully saturated rings. The Morgan fingerprint density at radius 1 is 0.936 bits per heavy atom. The number of fused-ring (bicyclic) bond motifs is 1. The Labute approximate surface area is 270 Å². The van der Waals surface area contributed by atoms with Crippen molar-refractivity contribution >= 4 is 47.0 Å². The third kappa shape index (κ3) is 11.0. The number of anilines is 1. The second-order valence-corrected chi connectivity index (χ2v) is 11.6. The molecule has 3 amide bonds. The number of rotatable bonds is 14. The number of benzodiazepines with no additional fused rings is 1. The molecule has 0 spiro atoms. The molecule has 2 aromatic carbocycles. The van der Waals surface area contributed by atoms with E-state index in [1.165, 1.54) is 11.9 Å². The molecule has 0 aromatic heterocycles. The molecule has 0 bridgehead atoms. The minimum absolute atomic E-state index is 0.287. The lowest BCUT2D eigenvalue weighted by atomic mass is 9.83. The molecule has 0 aliphatic carbocycles. The topological polar surface area (TPSA) is 154 Å². The van der Waals surface area contributed by atoms with Gasteiger partial charge in [0.2, 0.25) is 18.0 Å². The molecule has 0 saturated carbocycles. The number of aliphatic imine (C=N–C) groups is 1. The van der Waals surface area contributed by atoms with Crippen LogP contribution in [0.1, 0.15) is 43.2 Å². The molecular formula is C30H33F6N5O5S. The summed E-state index contributed by atoms with van der Waals surface area (Å²) in [5.74, 6) is -8.43. The largest absolute Gasteiger partial charge is 0.480 e. The van der Waals surface area contributed by atoms with Gasteiger partial charge in [0.1, 0.15) is 6.04 Å². The van der Waals surface area contributed by atoms with Crippen molar-refractivity contribution in [1.82, 2.24) is 10.0 Å². The number of carboxylic acid groups (broad SMARTS) is 1. The Hall–Kier alpha value is -4.12. The summed E-state index contributed by atoms with van der Waals surface area (Å²) in [6.45, 7) is 0. The first-order valence-corrected chi connectivity index (χ1v) is 15.3. The lowest BCUT2D eigenvalue weighted by molar-refractivity contribution is -0.147. The standard InChI is InChI=1S/C30H33F6N5O5S/c1-41-22-12-6-5-10-20(22)23(17-8-3-2-4-9-17)38-24(27(41)44)39-25(42)18(11-7-14-29(31,32)33)19(13-15-30(34,35)36)26(43)40-47-16-21(37)28(45)46/h2-6,8-10,12,18-19,21,24H,7,11,13-16,37H2,1H3,(H,39,42)(H,40,43)(H,45,46). The maximum absolute atomic E-state index is 13.8. The first-order valence-electron chi connectivity index (χ1n) is 14.3. The number of para-hydroxylation sites is 1. The third-order valence-corrected chi connectivity index (χ3v) is 8.17. The van der Waals surface area contributed by atoms with E-state index in [0.29, 0.717) is 28.8 Å². The molecule has 2 aromatic rings. The summed E-state index contributed by atoms with van der Waals surface area (Å²) < 4.78 is 81.3. The molecule has 4 unspecified atom stereocenters. The molecule has 10 nitrogen and oxygen atoms in total. The number of carboxylic acids is 1. The van der Waals surface area contributed by atoms with Crippen molar-refractivity contribution in [2.45, 2.75) is 56.7 Å². The summed E-state index contributed by atoms with van der Waals surface area (Å²) in [7, 11) is 1.42. The van der Waals surface area contributed by atoms with E-state index in [9.17, 15) is 45.5 Å². The van der Waals surface area contributed by atoms with E-state index in [4.69, 9.17) is 10.8 Å². The highest BCUT2D eigenvalue weighted by molar-refractivity contribution is 7.98. The summed E-state index contributed by atoms with van der Waals surface area (Å²) in [5, 5.41) is 11.3. The average molecular weight is 690 g/mol. The molecule has 1 heterocycles. The van der Waals surface area contributed by atoms with Gasteiger partial charge in [-0.05, 0) is 37.3 Å². The quantitative estimate of drug-likeness (QED) is 0.169. The van der Waals surface area contributed by atoms with Crippen LogP contribution >= 0.6 is 11.9 Å². The molecule has 5 N–H and O–H groups in total. The number of carbonyl (C=O) groups is 4. The molecule has 17 heteroatoms. The highest BCUT2D eigenvalue weighted by atomic mass is 32.2. The van der Waals surface area contributed by atoms with Gasteiger partial charge in [-0.25, -0.2) is 4.99 Å². The first kappa shape index (κ1) is 37.3. The molecule has 0 radical (unpaired) electrons. The number of nitrogens with two attached hydrogens (primary N) is 1. The number of hydrogen-bond acceptors (Lipinski definition) is 7. The van der Waals surface area contributed by atoms with Gasteiger partial charge in [-0.2, -0.15) is 26.3 Å². The number of carbonyl (C=O) groups excluding carboxylic acids is 3. The number of aliphatic carboxylic acids is 1. The molecule has 0 saturated heterocycles. The van der Waals surface area contributed by atoms with E-state index < -0.39 is 97.9 Å². The first-order chi connectivity index (χ1) is 22.0. The van der Waals surface area contributed by atoms with Gasteiger partial charge in [-0.3, -0.25) is 23.9 Å². The maximum atomic E-state index is 13.8.